The molecule has 2 rings (SSSR count). The van der Waals surface area contributed by atoms with Crippen LogP contribution < -0.4 is 10.1 Å². The Morgan fingerprint density at radius 1 is 1.37 bits per heavy atom. The van der Waals surface area contributed by atoms with Crippen LogP contribution in [0.3, 0.4) is 0 Å². The van der Waals surface area contributed by atoms with Crippen LogP contribution in [0.25, 0.3) is 0 Å². The molecule has 0 spiro atoms. The van der Waals surface area contributed by atoms with E-state index in [-0.39, 0.29) is 17.0 Å². The molecule has 2 aromatic heterocycles. The molecule has 2 aromatic rings. The zero-order valence-corrected chi connectivity index (χ0v) is 11.7. The average molecular weight is 301 g/mol. The van der Waals surface area contributed by atoms with E-state index in [0.29, 0.717) is 10.7 Å². The molecule has 0 atom stereocenters. The van der Waals surface area contributed by atoms with Crippen molar-refractivity contribution in [3.05, 3.63) is 34.2 Å². The van der Waals surface area contributed by atoms with Gasteiger partial charge in [0.1, 0.15) is 10.8 Å². The first-order chi connectivity index (χ1) is 8.99. The van der Waals surface area contributed by atoms with Crippen molar-refractivity contribution in [2.75, 3.05) is 12.4 Å². The largest absolute Gasteiger partial charge is 0.481 e. The van der Waals surface area contributed by atoms with Crippen molar-refractivity contribution in [3.8, 4) is 5.88 Å². The second kappa shape index (κ2) is 5.46. The predicted molar refractivity (Wildman–Crippen MR) is 72.0 cm³/mol. The molecule has 6 nitrogen and oxygen atoms in total. The molecule has 0 saturated carbocycles. The molecule has 8 heteroatoms. The summed E-state index contributed by atoms with van der Waals surface area (Å²) in [6.07, 6.45) is 1.62. The molecule has 1 amide bonds. The lowest BCUT2D eigenvalue weighted by Crippen LogP contribution is -2.17. The number of aromatic nitrogens is 3. The highest BCUT2D eigenvalue weighted by atomic mass is 35.5. The van der Waals surface area contributed by atoms with Gasteiger partial charge in [0.05, 0.1) is 12.1 Å². The van der Waals surface area contributed by atoms with E-state index in [4.69, 9.17) is 27.9 Å². The average Bonchev–Trinajstić information content (AvgIpc) is 2.67. The van der Waals surface area contributed by atoms with Crippen LogP contribution in [0.4, 0.5) is 5.95 Å². The van der Waals surface area contributed by atoms with Crippen LogP contribution in [0, 0.1) is 0 Å². The third-order valence-electron chi connectivity index (χ3n) is 2.31. The van der Waals surface area contributed by atoms with Gasteiger partial charge in [0, 0.05) is 19.3 Å². The van der Waals surface area contributed by atoms with E-state index in [9.17, 15) is 4.79 Å². The van der Waals surface area contributed by atoms with E-state index in [0.717, 1.165) is 0 Å². The van der Waals surface area contributed by atoms with E-state index < -0.39 is 5.91 Å². The molecule has 0 aliphatic heterocycles. The van der Waals surface area contributed by atoms with Gasteiger partial charge < -0.3 is 9.30 Å². The number of methoxy groups -OCH3 is 1. The fourth-order valence-corrected chi connectivity index (χ4v) is 1.90. The minimum atomic E-state index is -0.390. The van der Waals surface area contributed by atoms with Crippen LogP contribution in [0.15, 0.2) is 18.3 Å². The second-order valence-corrected chi connectivity index (χ2v) is 4.49. The molecule has 2 heterocycles. The molecule has 0 aliphatic rings. The lowest BCUT2D eigenvalue weighted by molar-refractivity contribution is 0.101. The highest BCUT2D eigenvalue weighted by Crippen LogP contribution is 2.17. The van der Waals surface area contributed by atoms with Crippen molar-refractivity contribution in [1.82, 2.24) is 14.5 Å². The summed E-state index contributed by atoms with van der Waals surface area (Å²) in [7, 11) is 3.15. The molecular formula is C11H10Cl2N4O2. The molecule has 0 unspecified atom stereocenters. The summed E-state index contributed by atoms with van der Waals surface area (Å²) in [5.74, 6) is -0.0643. The lowest BCUT2D eigenvalue weighted by atomic mass is 10.4. The molecule has 0 fully saturated rings. The standard InChI is InChI=1S/C11H10Cl2N4O2/c1-17-5-6(12)3-7(17)10(18)16-11-14-8(13)4-9(15-11)19-2/h3-5H,1-2H3,(H,14,15,16,18). The van der Waals surface area contributed by atoms with Gasteiger partial charge in [-0.25, -0.2) is 4.98 Å². The number of nitrogens with one attached hydrogen (secondary N) is 1. The molecule has 1 N–H and O–H groups in total. The molecule has 0 radical (unpaired) electrons. The lowest BCUT2D eigenvalue weighted by Gasteiger charge is -2.06. The maximum atomic E-state index is 12.0. The van der Waals surface area contributed by atoms with Crippen LogP contribution in [-0.2, 0) is 7.05 Å². The molecule has 0 bridgehead atoms. The Hall–Kier alpha value is -1.79. The summed E-state index contributed by atoms with van der Waals surface area (Å²) in [4.78, 5) is 19.9. The number of aryl methyl sites for hydroxylation is 1. The second-order valence-electron chi connectivity index (χ2n) is 3.67. The Kier molecular flexibility index (Phi) is 3.92. The zero-order valence-electron chi connectivity index (χ0n) is 10.1. The van der Waals surface area contributed by atoms with Crippen molar-refractivity contribution >= 4 is 35.1 Å². The van der Waals surface area contributed by atoms with Gasteiger partial charge in [-0.2, -0.15) is 4.98 Å². The van der Waals surface area contributed by atoms with Crippen molar-refractivity contribution < 1.29 is 9.53 Å². The molecular weight excluding hydrogens is 291 g/mol. The topological polar surface area (TPSA) is 69.0 Å². The number of hydrogen-bond donors (Lipinski definition) is 1. The Morgan fingerprint density at radius 2 is 2.11 bits per heavy atom. The monoisotopic (exact) mass is 300 g/mol. The molecule has 19 heavy (non-hydrogen) atoms. The highest BCUT2D eigenvalue weighted by Gasteiger charge is 2.13. The summed E-state index contributed by atoms with van der Waals surface area (Å²) < 4.78 is 6.53. The number of hydrogen-bond acceptors (Lipinski definition) is 4. The molecule has 100 valence electrons. The van der Waals surface area contributed by atoms with Crippen LogP contribution >= 0.6 is 23.2 Å². The smallest absolute Gasteiger partial charge is 0.274 e. The van der Waals surface area contributed by atoms with E-state index in [1.807, 2.05) is 0 Å². The Morgan fingerprint density at radius 3 is 2.68 bits per heavy atom. The van der Waals surface area contributed by atoms with Crippen molar-refractivity contribution in [2.24, 2.45) is 7.05 Å². The van der Waals surface area contributed by atoms with E-state index in [2.05, 4.69) is 15.3 Å². The van der Waals surface area contributed by atoms with Gasteiger partial charge in [0.15, 0.2) is 0 Å². The van der Waals surface area contributed by atoms with Crippen LogP contribution in [0.5, 0.6) is 5.88 Å². The fourth-order valence-electron chi connectivity index (χ4n) is 1.47. The first-order valence-corrected chi connectivity index (χ1v) is 5.97. The Balaban J connectivity index is 2.23. The van der Waals surface area contributed by atoms with E-state index in [1.165, 1.54) is 13.2 Å². The van der Waals surface area contributed by atoms with Gasteiger partial charge in [-0.15, -0.1) is 0 Å². The maximum absolute atomic E-state index is 12.0. The van der Waals surface area contributed by atoms with E-state index in [1.54, 1.807) is 23.9 Å². The Labute approximate surface area is 119 Å². The fraction of sp³-hybridized carbons (Fsp3) is 0.182. The Bertz CT molecular complexity index is 627. The molecule has 0 aromatic carbocycles. The van der Waals surface area contributed by atoms with Gasteiger partial charge in [-0.3, -0.25) is 10.1 Å². The number of ether oxygens (including phenoxy) is 1. The SMILES string of the molecule is COc1cc(Cl)nc(NC(=O)c2cc(Cl)cn2C)n1. The van der Waals surface area contributed by atoms with Crippen LogP contribution in [-0.4, -0.2) is 27.6 Å². The minimum Gasteiger partial charge on any atom is -0.481 e. The maximum Gasteiger partial charge on any atom is 0.274 e. The number of rotatable bonds is 3. The van der Waals surface area contributed by atoms with Gasteiger partial charge in [0.25, 0.3) is 5.91 Å². The summed E-state index contributed by atoms with van der Waals surface area (Å²) >= 11 is 11.6. The number of carbonyl (C=O) groups is 1. The number of anilines is 1. The quantitative estimate of drug-likeness (QED) is 0.884. The summed E-state index contributed by atoms with van der Waals surface area (Å²) in [5, 5.41) is 3.17. The normalized spacial score (nSPS) is 10.3. The first-order valence-electron chi connectivity index (χ1n) is 5.21. The van der Waals surface area contributed by atoms with E-state index >= 15 is 0 Å². The first kappa shape index (κ1) is 13.6. The molecule has 0 saturated heterocycles. The van der Waals surface area contributed by atoms with Gasteiger partial charge in [0.2, 0.25) is 11.8 Å². The van der Waals surface area contributed by atoms with Crippen molar-refractivity contribution in [3.63, 3.8) is 0 Å². The number of nitrogens with zero attached hydrogens (tertiary/aromatic N) is 3. The van der Waals surface area contributed by atoms with Gasteiger partial charge >= 0.3 is 0 Å². The minimum absolute atomic E-state index is 0.0617. The number of halogens is 2. The van der Waals surface area contributed by atoms with Gasteiger partial charge in [-0.05, 0) is 6.07 Å². The third kappa shape index (κ3) is 3.15. The highest BCUT2D eigenvalue weighted by molar-refractivity contribution is 6.31. The number of carbonyl (C=O) groups excluding carboxylic acids is 1. The summed E-state index contributed by atoms with van der Waals surface area (Å²) in [6.45, 7) is 0. The number of amides is 1. The predicted octanol–water partition coefficient (Wildman–Crippen LogP) is 2.38. The van der Waals surface area contributed by atoms with Crippen molar-refractivity contribution in [1.29, 1.82) is 0 Å². The van der Waals surface area contributed by atoms with Crippen LogP contribution in [0.2, 0.25) is 10.2 Å². The molecule has 0 aliphatic carbocycles. The zero-order chi connectivity index (χ0) is 14.0. The third-order valence-corrected chi connectivity index (χ3v) is 2.71. The summed E-state index contributed by atoms with van der Waals surface area (Å²) in [5.41, 5.74) is 0.382. The van der Waals surface area contributed by atoms with Crippen molar-refractivity contribution in [2.45, 2.75) is 0 Å². The summed E-state index contributed by atoms with van der Waals surface area (Å²) in [6, 6.07) is 2.98. The van der Waals surface area contributed by atoms with Gasteiger partial charge in [-0.1, -0.05) is 23.2 Å². The van der Waals surface area contributed by atoms with Crippen LogP contribution in [0.1, 0.15) is 10.5 Å².